The molecule has 0 unspecified atom stereocenters. The Morgan fingerprint density at radius 2 is 1.87 bits per heavy atom. The molecule has 0 atom stereocenters. The van der Waals surface area contributed by atoms with Crippen molar-refractivity contribution >= 4 is 40.6 Å². The molecule has 2 aromatic heterocycles. The SMILES string of the molecule is O=C(Nc1ccc(N2CCCCC2)cn1)c1cnc(Cl)c(Cl)c1. The number of carbonyl (C=O) groups is 1. The second-order valence-corrected chi connectivity index (χ2v) is 6.17. The fourth-order valence-electron chi connectivity index (χ4n) is 2.53. The van der Waals surface area contributed by atoms with E-state index in [9.17, 15) is 4.79 Å². The number of halogens is 2. The number of anilines is 2. The van der Waals surface area contributed by atoms with E-state index in [-0.39, 0.29) is 16.1 Å². The van der Waals surface area contributed by atoms with E-state index in [1.807, 2.05) is 6.07 Å². The van der Waals surface area contributed by atoms with Crippen LogP contribution in [-0.4, -0.2) is 29.0 Å². The van der Waals surface area contributed by atoms with Crippen molar-refractivity contribution in [2.45, 2.75) is 19.3 Å². The summed E-state index contributed by atoms with van der Waals surface area (Å²) < 4.78 is 0. The molecular formula is C16H16Cl2N4O. The van der Waals surface area contributed by atoms with Crippen LogP contribution in [0.5, 0.6) is 0 Å². The standard InChI is InChI=1S/C16H16Cl2N4O/c17-13-8-11(9-20-15(13)18)16(23)21-14-5-4-12(10-19-14)22-6-2-1-3-7-22/h4-5,8-10H,1-3,6-7H2,(H,19,21,23). The normalized spacial score (nSPS) is 14.6. The van der Waals surface area contributed by atoms with Crippen LogP contribution in [0.3, 0.4) is 0 Å². The van der Waals surface area contributed by atoms with Crippen LogP contribution in [-0.2, 0) is 0 Å². The molecule has 0 radical (unpaired) electrons. The lowest BCUT2D eigenvalue weighted by atomic mass is 10.1. The van der Waals surface area contributed by atoms with Crippen molar-refractivity contribution in [2.24, 2.45) is 0 Å². The van der Waals surface area contributed by atoms with Gasteiger partial charge < -0.3 is 10.2 Å². The van der Waals surface area contributed by atoms with Gasteiger partial charge in [0.1, 0.15) is 11.0 Å². The van der Waals surface area contributed by atoms with Crippen molar-refractivity contribution in [1.82, 2.24) is 9.97 Å². The van der Waals surface area contributed by atoms with Crippen molar-refractivity contribution in [3.8, 4) is 0 Å². The van der Waals surface area contributed by atoms with E-state index in [1.54, 1.807) is 12.3 Å². The summed E-state index contributed by atoms with van der Waals surface area (Å²) in [7, 11) is 0. The summed E-state index contributed by atoms with van der Waals surface area (Å²) >= 11 is 11.6. The van der Waals surface area contributed by atoms with Crippen molar-refractivity contribution < 1.29 is 4.79 Å². The van der Waals surface area contributed by atoms with Gasteiger partial charge in [0.15, 0.2) is 0 Å². The van der Waals surface area contributed by atoms with E-state index in [4.69, 9.17) is 23.2 Å². The van der Waals surface area contributed by atoms with Gasteiger partial charge in [0.25, 0.3) is 5.91 Å². The Labute approximate surface area is 144 Å². The average Bonchev–Trinajstić information content (AvgIpc) is 2.59. The largest absolute Gasteiger partial charge is 0.370 e. The zero-order chi connectivity index (χ0) is 16.2. The molecule has 1 aliphatic heterocycles. The molecular weight excluding hydrogens is 335 g/mol. The van der Waals surface area contributed by atoms with Gasteiger partial charge in [0.05, 0.1) is 22.5 Å². The molecule has 0 aromatic carbocycles. The van der Waals surface area contributed by atoms with Crippen LogP contribution in [0.15, 0.2) is 30.6 Å². The van der Waals surface area contributed by atoms with Crippen LogP contribution in [0.2, 0.25) is 10.2 Å². The Balaban J connectivity index is 1.67. The maximum Gasteiger partial charge on any atom is 0.258 e. The Hall–Kier alpha value is -1.85. The van der Waals surface area contributed by atoms with E-state index in [0.29, 0.717) is 11.4 Å². The summed E-state index contributed by atoms with van der Waals surface area (Å²) in [6, 6.07) is 5.25. The Bertz CT molecular complexity index is 700. The molecule has 1 aliphatic rings. The van der Waals surface area contributed by atoms with Gasteiger partial charge in [-0.05, 0) is 37.5 Å². The van der Waals surface area contributed by atoms with Crippen LogP contribution in [0, 0.1) is 0 Å². The number of aromatic nitrogens is 2. The van der Waals surface area contributed by atoms with Crippen LogP contribution in [0.25, 0.3) is 0 Å². The number of pyridine rings is 2. The van der Waals surface area contributed by atoms with Gasteiger partial charge in [-0.2, -0.15) is 0 Å². The first-order valence-corrected chi connectivity index (χ1v) is 8.22. The minimum Gasteiger partial charge on any atom is -0.370 e. The Morgan fingerprint density at radius 3 is 2.52 bits per heavy atom. The monoisotopic (exact) mass is 350 g/mol. The van der Waals surface area contributed by atoms with E-state index in [0.717, 1.165) is 18.8 Å². The zero-order valence-electron chi connectivity index (χ0n) is 12.4. The lowest BCUT2D eigenvalue weighted by Gasteiger charge is -2.28. The molecule has 1 amide bonds. The van der Waals surface area contributed by atoms with Crippen molar-refractivity contribution in [1.29, 1.82) is 0 Å². The molecule has 5 nitrogen and oxygen atoms in total. The Kier molecular flexibility index (Phi) is 4.98. The number of nitrogens with zero attached hydrogens (tertiary/aromatic N) is 3. The van der Waals surface area contributed by atoms with Gasteiger partial charge in [-0.15, -0.1) is 0 Å². The maximum atomic E-state index is 12.2. The first kappa shape index (κ1) is 16.0. The van der Waals surface area contributed by atoms with E-state index >= 15 is 0 Å². The molecule has 2 aromatic rings. The molecule has 0 spiro atoms. The van der Waals surface area contributed by atoms with Gasteiger partial charge in [0.2, 0.25) is 0 Å². The maximum absolute atomic E-state index is 12.2. The summed E-state index contributed by atoms with van der Waals surface area (Å²) in [6.07, 6.45) is 6.88. The summed E-state index contributed by atoms with van der Waals surface area (Å²) in [5, 5.41) is 3.14. The fraction of sp³-hybridized carbons (Fsp3) is 0.312. The van der Waals surface area contributed by atoms with Gasteiger partial charge in [-0.3, -0.25) is 4.79 Å². The van der Waals surface area contributed by atoms with Crippen molar-refractivity contribution in [2.75, 3.05) is 23.3 Å². The molecule has 7 heteroatoms. The third kappa shape index (κ3) is 3.92. The van der Waals surface area contributed by atoms with Gasteiger partial charge in [0, 0.05) is 19.3 Å². The molecule has 0 aliphatic carbocycles. The molecule has 0 saturated carbocycles. The van der Waals surface area contributed by atoms with Crippen molar-refractivity contribution in [3.05, 3.63) is 46.3 Å². The zero-order valence-corrected chi connectivity index (χ0v) is 13.9. The van der Waals surface area contributed by atoms with Gasteiger partial charge in [-0.1, -0.05) is 23.2 Å². The number of hydrogen-bond acceptors (Lipinski definition) is 4. The molecule has 3 rings (SSSR count). The van der Waals surface area contributed by atoms with Gasteiger partial charge >= 0.3 is 0 Å². The molecule has 120 valence electrons. The molecule has 3 heterocycles. The third-order valence-corrected chi connectivity index (χ3v) is 4.46. The highest BCUT2D eigenvalue weighted by molar-refractivity contribution is 6.41. The highest BCUT2D eigenvalue weighted by Crippen LogP contribution is 2.22. The van der Waals surface area contributed by atoms with Gasteiger partial charge in [-0.25, -0.2) is 9.97 Å². The van der Waals surface area contributed by atoms with Crippen LogP contribution >= 0.6 is 23.2 Å². The summed E-state index contributed by atoms with van der Waals surface area (Å²) in [4.78, 5) is 22.6. The van der Waals surface area contributed by atoms with E-state index < -0.39 is 0 Å². The molecule has 1 fully saturated rings. The molecule has 0 bridgehead atoms. The second-order valence-electron chi connectivity index (χ2n) is 5.40. The molecule has 23 heavy (non-hydrogen) atoms. The first-order chi connectivity index (χ1) is 11.1. The lowest BCUT2D eigenvalue weighted by molar-refractivity contribution is 0.102. The number of carbonyl (C=O) groups excluding carboxylic acids is 1. The third-order valence-electron chi connectivity index (χ3n) is 3.77. The molecule has 1 saturated heterocycles. The summed E-state index contributed by atoms with van der Waals surface area (Å²) in [5.74, 6) is 0.163. The fourth-order valence-corrected chi connectivity index (χ4v) is 2.80. The number of amides is 1. The number of hydrogen-bond donors (Lipinski definition) is 1. The highest BCUT2D eigenvalue weighted by atomic mass is 35.5. The summed E-state index contributed by atoms with van der Waals surface area (Å²) in [5.41, 5.74) is 1.42. The molecule has 1 N–H and O–H groups in total. The average molecular weight is 351 g/mol. The van der Waals surface area contributed by atoms with Crippen molar-refractivity contribution in [3.63, 3.8) is 0 Å². The van der Waals surface area contributed by atoms with Crippen LogP contribution < -0.4 is 10.2 Å². The predicted octanol–water partition coefficient (Wildman–Crippen LogP) is 4.03. The minimum absolute atomic E-state index is 0.173. The summed E-state index contributed by atoms with van der Waals surface area (Å²) in [6.45, 7) is 2.12. The lowest BCUT2D eigenvalue weighted by Crippen LogP contribution is -2.29. The minimum atomic E-state index is -0.325. The smallest absolute Gasteiger partial charge is 0.258 e. The quantitative estimate of drug-likeness (QED) is 0.849. The number of piperidine rings is 1. The van der Waals surface area contributed by atoms with E-state index in [1.165, 1.54) is 31.5 Å². The van der Waals surface area contributed by atoms with E-state index in [2.05, 4.69) is 20.2 Å². The predicted molar refractivity (Wildman–Crippen MR) is 92.5 cm³/mol. The van der Waals surface area contributed by atoms with Crippen LogP contribution in [0.1, 0.15) is 29.6 Å². The number of nitrogens with one attached hydrogen (secondary N) is 1. The topological polar surface area (TPSA) is 58.1 Å². The number of rotatable bonds is 3. The highest BCUT2D eigenvalue weighted by Gasteiger charge is 2.13. The first-order valence-electron chi connectivity index (χ1n) is 7.47. The van der Waals surface area contributed by atoms with Crippen LogP contribution in [0.4, 0.5) is 11.5 Å². The Morgan fingerprint density at radius 1 is 1.09 bits per heavy atom. The second kappa shape index (κ2) is 7.15.